The number of rotatable bonds is 6. The molecule has 1 saturated heterocycles. The zero-order valence-electron chi connectivity index (χ0n) is 15.9. The predicted molar refractivity (Wildman–Crippen MR) is 113 cm³/mol. The van der Waals surface area contributed by atoms with Crippen LogP contribution in [0.1, 0.15) is 12.8 Å². The van der Waals surface area contributed by atoms with Gasteiger partial charge in [0.15, 0.2) is 5.65 Å². The standard InChI is InChI=1S/C19H23N7O2.ClH/c20-9-12-28-16-3-1-15(2-4-16)22-19(27)14-7-10-25(11-8-14)18-6-5-17-23-21-13-26(17)24-18;/h1-6,13-14H,7-12,20H2,(H,22,27);1H. The van der Waals surface area contributed by atoms with Crippen LogP contribution in [0.2, 0.25) is 0 Å². The number of carbonyl (C=O) groups is 1. The molecule has 0 unspecified atom stereocenters. The summed E-state index contributed by atoms with van der Waals surface area (Å²) in [5.41, 5.74) is 6.92. The van der Waals surface area contributed by atoms with Gasteiger partial charge in [-0.2, -0.15) is 4.52 Å². The summed E-state index contributed by atoms with van der Waals surface area (Å²) in [4.78, 5) is 14.8. The highest BCUT2D eigenvalue weighted by Gasteiger charge is 2.26. The number of nitrogens with one attached hydrogen (secondary N) is 1. The van der Waals surface area contributed by atoms with Crippen molar-refractivity contribution in [2.75, 3.05) is 36.5 Å². The number of hydrogen-bond donors (Lipinski definition) is 2. The number of ether oxygens (including phenoxy) is 1. The molecule has 10 heteroatoms. The Morgan fingerprint density at radius 3 is 2.66 bits per heavy atom. The molecule has 2 aromatic heterocycles. The third kappa shape index (κ3) is 4.93. The maximum atomic E-state index is 12.6. The van der Waals surface area contributed by atoms with Crippen molar-refractivity contribution in [1.82, 2.24) is 19.8 Å². The highest BCUT2D eigenvalue weighted by Crippen LogP contribution is 2.24. The second kappa shape index (κ2) is 9.53. The van der Waals surface area contributed by atoms with Gasteiger partial charge in [-0.05, 0) is 49.2 Å². The number of anilines is 2. The monoisotopic (exact) mass is 417 g/mol. The van der Waals surface area contributed by atoms with Crippen molar-refractivity contribution in [3.63, 3.8) is 0 Å². The minimum absolute atomic E-state index is 0. The number of nitrogens with zero attached hydrogens (tertiary/aromatic N) is 5. The smallest absolute Gasteiger partial charge is 0.227 e. The molecule has 9 nitrogen and oxygen atoms in total. The van der Waals surface area contributed by atoms with Crippen molar-refractivity contribution in [2.45, 2.75) is 12.8 Å². The molecule has 3 N–H and O–H groups in total. The third-order valence-electron chi connectivity index (χ3n) is 4.85. The normalized spacial score (nSPS) is 14.4. The molecule has 0 bridgehead atoms. The van der Waals surface area contributed by atoms with Crippen molar-refractivity contribution >= 4 is 35.5 Å². The number of halogens is 1. The van der Waals surface area contributed by atoms with E-state index in [4.69, 9.17) is 10.5 Å². The van der Waals surface area contributed by atoms with E-state index in [0.29, 0.717) is 13.2 Å². The van der Waals surface area contributed by atoms with E-state index in [2.05, 4.69) is 25.5 Å². The molecule has 0 saturated carbocycles. The molecule has 0 atom stereocenters. The molecule has 3 aromatic rings. The molecule has 4 rings (SSSR count). The van der Waals surface area contributed by atoms with E-state index in [9.17, 15) is 4.79 Å². The van der Waals surface area contributed by atoms with E-state index in [0.717, 1.165) is 48.8 Å². The average molecular weight is 418 g/mol. The number of benzene rings is 1. The van der Waals surface area contributed by atoms with Gasteiger partial charge in [-0.25, -0.2) is 0 Å². The number of fused-ring (bicyclic) bond motifs is 1. The molecule has 1 aliphatic rings. The van der Waals surface area contributed by atoms with E-state index >= 15 is 0 Å². The summed E-state index contributed by atoms with van der Waals surface area (Å²) < 4.78 is 7.11. The highest BCUT2D eigenvalue weighted by molar-refractivity contribution is 5.92. The molecule has 3 heterocycles. The zero-order chi connectivity index (χ0) is 19.3. The van der Waals surface area contributed by atoms with Crippen molar-refractivity contribution in [1.29, 1.82) is 0 Å². The summed E-state index contributed by atoms with van der Waals surface area (Å²) in [7, 11) is 0. The fraction of sp³-hybridized carbons (Fsp3) is 0.368. The minimum Gasteiger partial charge on any atom is -0.492 e. The van der Waals surface area contributed by atoms with Crippen molar-refractivity contribution in [3.05, 3.63) is 42.7 Å². The summed E-state index contributed by atoms with van der Waals surface area (Å²) in [5.74, 6) is 1.66. The van der Waals surface area contributed by atoms with Crippen LogP contribution < -0.4 is 20.7 Å². The van der Waals surface area contributed by atoms with Crippen LogP contribution in [-0.4, -0.2) is 52.0 Å². The number of nitrogens with two attached hydrogens (primary N) is 1. The topological polar surface area (TPSA) is 111 Å². The third-order valence-corrected chi connectivity index (χ3v) is 4.85. The van der Waals surface area contributed by atoms with Crippen LogP contribution in [0.4, 0.5) is 11.5 Å². The first-order valence-corrected chi connectivity index (χ1v) is 9.39. The van der Waals surface area contributed by atoms with E-state index < -0.39 is 0 Å². The Kier molecular flexibility index (Phi) is 6.84. The lowest BCUT2D eigenvalue weighted by Gasteiger charge is -2.32. The Morgan fingerprint density at radius 1 is 1.17 bits per heavy atom. The first kappa shape index (κ1) is 20.8. The number of carbonyl (C=O) groups excluding carboxylic acids is 1. The van der Waals surface area contributed by atoms with Crippen molar-refractivity contribution in [3.8, 4) is 5.75 Å². The molecular weight excluding hydrogens is 394 g/mol. The van der Waals surface area contributed by atoms with Gasteiger partial charge in [0.25, 0.3) is 0 Å². The lowest BCUT2D eigenvalue weighted by molar-refractivity contribution is -0.120. The first-order valence-electron chi connectivity index (χ1n) is 9.39. The van der Waals surface area contributed by atoms with Gasteiger partial charge in [0.1, 0.15) is 24.5 Å². The highest BCUT2D eigenvalue weighted by atomic mass is 35.5. The Bertz CT molecular complexity index is 939. The molecule has 1 fully saturated rings. The van der Waals surface area contributed by atoms with Crippen molar-refractivity contribution < 1.29 is 9.53 Å². The molecule has 154 valence electrons. The van der Waals surface area contributed by atoms with Gasteiger partial charge in [-0.1, -0.05) is 0 Å². The first-order chi connectivity index (χ1) is 13.7. The molecule has 29 heavy (non-hydrogen) atoms. The average Bonchev–Trinajstić information content (AvgIpc) is 3.21. The van der Waals surface area contributed by atoms with Gasteiger partial charge in [0, 0.05) is 31.2 Å². The second-order valence-electron chi connectivity index (χ2n) is 6.74. The van der Waals surface area contributed by atoms with Gasteiger partial charge >= 0.3 is 0 Å². The summed E-state index contributed by atoms with van der Waals surface area (Å²) in [6.07, 6.45) is 3.15. The van der Waals surface area contributed by atoms with Gasteiger partial charge < -0.3 is 20.7 Å². The molecule has 0 aliphatic carbocycles. The van der Waals surface area contributed by atoms with Gasteiger partial charge in [0.2, 0.25) is 5.91 Å². The molecular formula is C19H24ClN7O2. The SMILES string of the molecule is Cl.NCCOc1ccc(NC(=O)C2CCN(c3ccc4nncn4n3)CC2)cc1. The summed E-state index contributed by atoms with van der Waals surface area (Å²) in [5, 5.41) is 15.3. The predicted octanol–water partition coefficient (Wildman–Crippen LogP) is 1.74. The van der Waals surface area contributed by atoms with Crippen LogP contribution in [0.15, 0.2) is 42.7 Å². The molecule has 1 aliphatic heterocycles. The second-order valence-corrected chi connectivity index (χ2v) is 6.74. The van der Waals surface area contributed by atoms with Gasteiger partial charge in [-0.15, -0.1) is 27.7 Å². The molecule has 0 radical (unpaired) electrons. The number of amides is 1. The number of aromatic nitrogens is 4. The van der Waals surface area contributed by atoms with E-state index in [1.807, 2.05) is 36.4 Å². The molecule has 1 aromatic carbocycles. The number of hydrogen-bond acceptors (Lipinski definition) is 7. The van der Waals surface area contributed by atoms with Crippen LogP contribution >= 0.6 is 12.4 Å². The van der Waals surface area contributed by atoms with Gasteiger partial charge in [-0.3, -0.25) is 4.79 Å². The lowest BCUT2D eigenvalue weighted by Crippen LogP contribution is -2.38. The summed E-state index contributed by atoms with van der Waals surface area (Å²) >= 11 is 0. The van der Waals surface area contributed by atoms with E-state index in [-0.39, 0.29) is 24.2 Å². The van der Waals surface area contributed by atoms with Gasteiger partial charge in [0.05, 0.1) is 0 Å². The van der Waals surface area contributed by atoms with E-state index in [1.54, 1.807) is 10.8 Å². The largest absolute Gasteiger partial charge is 0.492 e. The van der Waals surface area contributed by atoms with Crippen LogP contribution in [0, 0.1) is 5.92 Å². The zero-order valence-corrected chi connectivity index (χ0v) is 16.7. The Morgan fingerprint density at radius 2 is 1.93 bits per heavy atom. The van der Waals surface area contributed by atoms with Crippen LogP contribution in [0.3, 0.4) is 0 Å². The van der Waals surface area contributed by atoms with Crippen LogP contribution in [0.5, 0.6) is 5.75 Å². The Hall–Kier alpha value is -2.91. The van der Waals surface area contributed by atoms with E-state index in [1.165, 1.54) is 0 Å². The Labute approximate surface area is 174 Å². The maximum absolute atomic E-state index is 12.6. The maximum Gasteiger partial charge on any atom is 0.227 e. The minimum atomic E-state index is -0.0111. The fourth-order valence-electron chi connectivity index (χ4n) is 3.31. The number of piperidine rings is 1. The van der Waals surface area contributed by atoms with Crippen LogP contribution in [-0.2, 0) is 4.79 Å². The molecule has 1 amide bonds. The summed E-state index contributed by atoms with van der Waals surface area (Å²) in [6.45, 7) is 2.51. The van der Waals surface area contributed by atoms with Crippen LogP contribution in [0.25, 0.3) is 5.65 Å². The molecule has 0 spiro atoms. The van der Waals surface area contributed by atoms with Crippen molar-refractivity contribution in [2.24, 2.45) is 11.7 Å². The quantitative estimate of drug-likeness (QED) is 0.628. The summed E-state index contributed by atoms with van der Waals surface area (Å²) in [6, 6.07) is 11.2. The fourth-order valence-corrected chi connectivity index (χ4v) is 3.31. The Balaban J connectivity index is 0.00000240. The lowest BCUT2D eigenvalue weighted by atomic mass is 9.96.